The quantitative estimate of drug-likeness (QED) is 0.756. The molecule has 1 aromatic carbocycles. The smallest absolute Gasteiger partial charge is 0.0458 e. The highest BCUT2D eigenvalue weighted by atomic mass is 35.5. The van der Waals surface area contributed by atoms with Gasteiger partial charge in [0.1, 0.15) is 0 Å². The van der Waals surface area contributed by atoms with Crippen molar-refractivity contribution in [2.75, 3.05) is 5.32 Å². The number of fused-ring (bicyclic) bond motifs is 1. The minimum Gasteiger partial charge on any atom is -0.379 e. The van der Waals surface area contributed by atoms with Gasteiger partial charge in [-0.3, -0.25) is 0 Å². The third-order valence-corrected chi connectivity index (χ3v) is 4.23. The summed E-state index contributed by atoms with van der Waals surface area (Å²) < 4.78 is 0. The van der Waals surface area contributed by atoms with Crippen molar-refractivity contribution < 1.29 is 0 Å². The molecule has 1 heterocycles. The molecule has 0 aromatic heterocycles. The van der Waals surface area contributed by atoms with Gasteiger partial charge < -0.3 is 5.32 Å². The molecule has 0 amide bonds. The van der Waals surface area contributed by atoms with Crippen molar-refractivity contribution >= 4 is 17.3 Å². The molecule has 0 radical (unpaired) electrons. The van der Waals surface area contributed by atoms with E-state index in [1.807, 2.05) is 12.1 Å². The standard InChI is InChI=1S/C13H18ClN/c1-4-13(3)9(2)8-10-11(14)6-5-7-12(10)15-13/h5-7,9,15H,4,8H2,1-3H3. The lowest BCUT2D eigenvalue weighted by Crippen LogP contribution is -2.45. The monoisotopic (exact) mass is 223 g/mol. The Morgan fingerprint density at radius 1 is 1.53 bits per heavy atom. The second kappa shape index (κ2) is 3.71. The van der Waals surface area contributed by atoms with Gasteiger partial charge in [0.05, 0.1) is 0 Å². The summed E-state index contributed by atoms with van der Waals surface area (Å²) in [5.74, 6) is 0.620. The molecular weight excluding hydrogens is 206 g/mol. The van der Waals surface area contributed by atoms with E-state index in [1.165, 1.54) is 11.3 Å². The predicted octanol–water partition coefficient (Wildman–Crippen LogP) is 4.11. The molecule has 1 N–H and O–H groups in total. The van der Waals surface area contributed by atoms with Gasteiger partial charge in [-0.2, -0.15) is 0 Å². The lowest BCUT2D eigenvalue weighted by molar-refractivity contribution is 0.323. The van der Waals surface area contributed by atoms with Crippen LogP contribution in [0.2, 0.25) is 5.02 Å². The number of rotatable bonds is 1. The van der Waals surface area contributed by atoms with Crippen LogP contribution < -0.4 is 5.32 Å². The molecule has 0 spiro atoms. The third kappa shape index (κ3) is 1.74. The zero-order chi connectivity index (χ0) is 11.1. The molecular formula is C13H18ClN. The largest absolute Gasteiger partial charge is 0.379 e. The molecule has 1 aliphatic rings. The van der Waals surface area contributed by atoms with E-state index in [-0.39, 0.29) is 5.54 Å². The molecule has 1 aliphatic heterocycles. The maximum atomic E-state index is 6.20. The zero-order valence-electron chi connectivity index (χ0n) is 9.60. The Morgan fingerprint density at radius 2 is 2.27 bits per heavy atom. The highest BCUT2D eigenvalue weighted by Gasteiger charge is 2.34. The van der Waals surface area contributed by atoms with E-state index in [0.29, 0.717) is 5.92 Å². The summed E-state index contributed by atoms with van der Waals surface area (Å²) in [4.78, 5) is 0. The van der Waals surface area contributed by atoms with Crippen LogP contribution in [0.15, 0.2) is 18.2 Å². The molecule has 1 nitrogen and oxygen atoms in total. The molecule has 0 bridgehead atoms. The molecule has 0 aliphatic carbocycles. The number of benzene rings is 1. The number of halogens is 1. The first-order valence-corrected chi connectivity index (χ1v) is 6.00. The molecule has 15 heavy (non-hydrogen) atoms. The molecule has 82 valence electrons. The van der Waals surface area contributed by atoms with Gasteiger partial charge in [0.15, 0.2) is 0 Å². The average molecular weight is 224 g/mol. The summed E-state index contributed by atoms with van der Waals surface area (Å²) in [5.41, 5.74) is 2.69. The fourth-order valence-electron chi connectivity index (χ4n) is 2.28. The number of hydrogen-bond donors (Lipinski definition) is 1. The highest BCUT2D eigenvalue weighted by molar-refractivity contribution is 6.31. The third-order valence-electron chi connectivity index (χ3n) is 3.87. The summed E-state index contributed by atoms with van der Waals surface area (Å²) in [6.45, 7) is 6.82. The van der Waals surface area contributed by atoms with Crippen LogP contribution in [0.1, 0.15) is 32.8 Å². The SMILES string of the molecule is CCC1(C)Nc2cccc(Cl)c2CC1C. The Kier molecular flexibility index (Phi) is 2.68. The van der Waals surface area contributed by atoms with E-state index in [4.69, 9.17) is 11.6 Å². The van der Waals surface area contributed by atoms with Gasteiger partial charge in [0, 0.05) is 16.2 Å². The van der Waals surface area contributed by atoms with Gasteiger partial charge in [0.25, 0.3) is 0 Å². The van der Waals surface area contributed by atoms with Crippen molar-refractivity contribution in [3.8, 4) is 0 Å². The average Bonchev–Trinajstić information content (AvgIpc) is 2.21. The van der Waals surface area contributed by atoms with Crippen LogP contribution in [0.25, 0.3) is 0 Å². The van der Waals surface area contributed by atoms with Crippen LogP contribution in [0.5, 0.6) is 0 Å². The van der Waals surface area contributed by atoms with E-state index in [0.717, 1.165) is 17.9 Å². The minimum atomic E-state index is 0.206. The first kappa shape index (κ1) is 10.8. The van der Waals surface area contributed by atoms with Crippen molar-refractivity contribution in [2.45, 2.75) is 39.2 Å². The van der Waals surface area contributed by atoms with E-state index >= 15 is 0 Å². The Balaban J connectivity index is 2.42. The minimum absolute atomic E-state index is 0.206. The summed E-state index contributed by atoms with van der Waals surface area (Å²) in [7, 11) is 0. The lowest BCUT2D eigenvalue weighted by Gasteiger charge is -2.42. The van der Waals surface area contributed by atoms with Crippen LogP contribution >= 0.6 is 11.6 Å². The number of hydrogen-bond acceptors (Lipinski definition) is 1. The van der Waals surface area contributed by atoms with Crippen LogP contribution in [0.4, 0.5) is 5.69 Å². The van der Waals surface area contributed by atoms with Gasteiger partial charge in [-0.25, -0.2) is 0 Å². The van der Waals surface area contributed by atoms with Gasteiger partial charge in [-0.15, -0.1) is 0 Å². The van der Waals surface area contributed by atoms with Gasteiger partial charge >= 0.3 is 0 Å². The Bertz CT molecular complexity index is 375. The molecule has 0 saturated carbocycles. The van der Waals surface area contributed by atoms with Crippen LogP contribution in [0.3, 0.4) is 0 Å². The molecule has 2 unspecified atom stereocenters. The zero-order valence-corrected chi connectivity index (χ0v) is 10.4. The van der Waals surface area contributed by atoms with E-state index in [1.54, 1.807) is 0 Å². The summed E-state index contributed by atoms with van der Waals surface area (Å²) in [6.07, 6.45) is 2.21. The second-order valence-electron chi connectivity index (χ2n) is 4.77. The Labute approximate surface area is 96.8 Å². The molecule has 0 fully saturated rings. The normalized spacial score (nSPS) is 29.5. The fraction of sp³-hybridized carbons (Fsp3) is 0.538. The maximum absolute atomic E-state index is 6.20. The molecule has 1 aromatic rings. The second-order valence-corrected chi connectivity index (χ2v) is 5.17. The maximum Gasteiger partial charge on any atom is 0.0458 e. The van der Waals surface area contributed by atoms with E-state index < -0.39 is 0 Å². The molecule has 2 heteroatoms. The predicted molar refractivity (Wildman–Crippen MR) is 66.6 cm³/mol. The van der Waals surface area contributed by atoms with Crippen LogP contribution in [-0.2, 0) is 6.42 Å². The van der Waals surface area contributed by atoms with Crippen LogP contribution in [-0.4, -0.2) is 5.54 Å². The first-order chi connectivity index (χ1) is 7.07. The van der Waals surface area contributed by atoms with Crippen molar-refractivity contribution in [3.63, 3.8) is 0 Å². The van der Waals surface area contributed by atoms with Crippen molar-refractivity contribution in [1.29, 1.82) is 0 Å². The van der Waals surface area contributed by atoms with E-state index in [2.05, 4.69) is 32.2 Å². The van der Waals surface area contributed by atoms with Crippen molar-refractivity contribution in [2.24, 2.45) is 5.92 Å². The molecule has 0 saturated heterocycles. The first-order valence-electron chi connectivity index (χ1n) is 5.62. The Morgan fingerprint density at radius 3 is 2.93 bits per heavy atom. The molecule has 2 rings (SSSR count). The highest BCUT2D eigenvalue weighted by Crippen LogP contribution is 2.39. The van der Waals surface area contributed by atoms with Gasteiger partial charge in [-0.05, 0) is 43.4 Å². The summed E-state index contributed by atoms with van der Waals surface area (Å²) in [6, 6.07) is 6.12. The Hall–Kier alpha value is -0.690. The molecule has 2 atom stereocenters. The topological polar surface area (TPSA) is 12.0 Å². The number of anilines is 1. The summed E-state index contributed by atoms with van der Waals surface area (Å²) >= 11 is 6.20. The lowest BCUT2D eigenvalue weighted by atomic mass is 9.77. The van der Waals surface area contributed by atoms with Crippen LogP contribution in [0, 0.1) is 5.92 Å². The van der Waals surface area contributed by atoms with Crippen molar-refractivity contribution in [3.05, 3.63) is 28.8 Å². The van der Waals surface area contributed by atoms with Crippen molar-refractivity contribution in [1.82, 2.24) is 0 Å². The summed E-state index contributed by atoms with van der Waals surface area (Å²) in [5, 5.41) is 4.52. The number of nitrogens with one attached hydrogen (secondary N) is 1. The van der Waals surface area contributed by atoms with Gasteiger partial charge in [-0.1, -0.05) is 31.5 Å². The fourth-order valence-corrected chi connectivity index (χ4v) is 2.53. The van der Waals surface area contributed by atoms with E-state index in [9.17, 15) is 0 Å². The van der Waals surface area contributed by atoms with Gasteiger partial charge in [0.2, 0.25) is 0 Å².